The van der Waals surface area contributed by atoms with Gasteiger partial charge in [0.1, 0.15) is 0 Å². The molecule has 0 heterocycles. The van der Waals surface area contributed by atoms with Gasteiger partial charge in [0.05, 0.1) is 0 Å². The molecule has 2 rings (SSSR count). The van der Waals surface area contributed by atoms with E-state index in [0.717, 1.165) is 21.7 Å². The molecular formula is C16H11P. The molecule has 1 heteroatoms. The van der Waals surface area contributed by atoms with E-state index in [1.54, 1.807) is 0 Å². The summed E-state index contributed by atoms with van der Waals surface area (Å²) in [6.45, 7) is 0. The molecule has 2 aromatic rings. The molecule has 17 heavy (non-hydrogen) atoms. The van der Waals surface area contributed by atoms with Crippen LogP contribution in [0.1, 0.15) is 11.1 Å². The van der Waals surface area contributed by atoms with E-state index in [9.17, 15) is 0 Å². The molecule has 2 aromatic carbocycles. The summed E-state index contributed by atoms with van der Waals surface area (Å²) in [7, 11) is 0.503. The van der Waals surface area contributed by atoms with Crippen molar-refractivity contribution in [2.75, 3.05) is 0 Å². The van der Waals surface area contributed by atoms with E-state index in [1.165, 1.54) is 0 Å². The molecule has 80 valence electrons. The predicted octanol–water partition coefficient (Wildman–Crippen LogP) is 2.28. The maximum absolute atomic E-state index is 5.49. The summed E-state index contributed by atoms with van der Waals surface area (Å²) in [6, 6.07) is 15.9. The van der Waals surface area contributed by atoms with Crippen molar-refractivity contribution in [3.8, 4) is 24.7 Å². The first-order valence-corrected chi connectivity index (χ1v) is 6.23. The van der Waals surface area contributed by atoms with Gasteiger partial charge in [-0.3, -0.25) is 0 Å². The fourth-order valence-corrected chi connectivity index (χ4v) is 2.81. The van der Waals surface area contributed by atoms with Crippen LogP contribution in [0.15, 0.2) is 48.5 Å². The van der Waals surface area contributed by atoms with Gasteiger partial charge in [-0.15, -0.1) is 12.8 Å². The molecule has 0 amide bonds. The number of rotatable bonds is 2. The van der Waals surface area contributed by atoms with Crippen LogP contribution in [0.25, 0.3) is 0 Å². The molecule has 0 bridgehead atoms. The minimum Gasteiger partial charge on any atom is -0.115 e. The standard InChI is InChI=1S/C16H11P/c1-3-13-9-5-7-11-15(13)17-16-12-8-6-10-14(16)4-2/h1-2,5-12,17H. The quantitative estimate of drug-likeness (QED) is 0.552. The second kappa shape index (κ2) is 5.36. The highest BCUT2D eigenvalue weighted by molar-refractivity contribution is 7.55. The lowest BCUT2D eigenvalue weighted by molar-refractivity contribution is 1.70. The SMILES string of the molecule is C#Cc1ccccc1Pc1ccccc1C#C. The largest absolute Gasteiger partial charge is 0.115 e. The molecule has 0 unspecified atom stereocenters. The highest BCUT2D eigenvalue weighted by atomic mass is 31.1. The lowest BCUT2D eigenvalue weighted by Crippen LogP contribution is -2.09. The molecule has 0 N–H and O–H groups in total. The summed E-state index contributed by atoms with van der Waals surface area (Å²) in [5.41, 5.74) is 1.88. The second-order valence-electron chi connectivity index (χ2n) is 3.50. The number of hydrogen-bond acceptors (Lipinski definition) is 0. The summed E-state index contributed by atoms with van der Waals surface area (Å²) in [5, 5.41) is 2.33. The van der Waals surface area contributed by atoms with Crippen LogP contribution < -0.4 is 10.6 Å². The van der Waals surface area contributed by atoms with Crippen LogP contribution in [0.4, 0.5) is 0 Å². The zero-order valence-corrected chi connectivity index (χ0v) is 10.3. The highest BCUT2D eigenvalue weighted by Crippen LogP contribution is 2.15. The number of terminal acetylenes is 2. The summed E-state index contributed by atoms with van der Waals surface area (Å²) in [6.07, 6.45) is 11.0. The Morgan fingerprint density at radius 3 is 1.53 bits per heavy atom. The second-order valence-corrected chi connectivity index (χ2v) is 4.83. The number of hydrogen-bond donors (Lipinski definition) is 0. The third-order valence-corrected chi connectivity index (χ3v) is 3.85. The Labute approximate surface area is 104 Å². The van der Waals surface area contributed by atoms with Crippen LogP contribution in [0.3, 0.4) is 0 Å². The zero-order chi connectivity index (χ0) is 12.1. The number of benzene rings is 2. The van der Waals surface area contributed by atoms with E-state index in [2.05, 4.69) is 24.0 Å². The van der Waals surface area contributed by atoms with E-state index in [0.29, 0.717) is 8.58 Å². The predicted molar refractivity (Wildman–Crippen MR) is 76.3 cm³/mol. The van der Waals surface area contributed by atoms with E-state index in [-0.39, 0.29) is 0 Å². The molecule has 0 radical (unpaired) electrons. The van der Waals surface area contributed by atoms with Crippen LogP contribution in [0.5, 0.6) is 0 Å². The molecule has 0 atom stereocenters. The fourth-order valence-electron chi connectivity index (χ4n) is 1.58. The third kappa shape index (κ3) is 2.57. The van der Waals surface area contributed by atoms with Crippen LogP contribution in [0.2, 0.25) is 0 Å². The fraction of sp³-hybridized carbons (Fsp3) is 0. The first-order valence-electron chi connectivity index (χ1n) is 5.23. The lowest BCUT2D eigenvalue weighted by Gasteiger charge is -2.07. The molecule has 0 saturated carbocycles. The molecule has 0 aliphatic heterocycles. The Kier molecular flexibility index (Phi) is 3.62. The van der Waals surface area contributed by atoms with Crippen molar-refractivity contribution < 1.29 is 0 Å². The Hall–Kier alpha value is -2.01. The first kappa shape index (κ1) is 11.5. The Balaban J connectivity index is 2.40. The molecule has 0 fully saturated rings. The van der Waals surface area contributed by atoms with E-state index in [1.807, 2.05) is 36.4 Å². The van der Waals surface area contributed by atoms with Gasteiger partial charge in [-0.2, -0.15) is 0 Å². The molecule has 0 aliphatic carbocycles. The van der Waals surface area contributed by atoms with Crippen molar-refractivity contribution in [2.24, 2.45) is 0 Å². The van der Waals surface area contributed by atoms with Crippen LogP contribution in [0, 0.1) is 24.7 Å². The molecule has 0 aromatic heterocycles. The monoisotopic (exact) mass is 234 g/mol. The van der Waals surface area contributed by atoms with Crippen LogP contribution in [-0.2, 0) is 0 Å². The van der Waals surface area contributed by atoms with Gasteiger partial charge in [-0.05, 0) is 22.7 Å². The summed E-state index contributed by atoms with van der Waals surface area (Å²) in [5.74, 6) is 5.42. The molecule has 0 spiro atoms. The van der Waals surface area contributed by atoms with Crippen LogP contribution >= 0.6 is 8.58 Å². The Morgan fingerprint density at radius 2 is 1.12 bits per heavy atom. The third-order valence-electron chi connectivity index (χ3n) is 2.43. The van der Waals surface area contributed by atoms with Crippen molar-refractivity contribution in [1.29, 1.82) is 0 Å². The first-order chi connectivity index (χ1) is 8.35. The highest BCUT2D eigenvalue weighted by Gasteiger charge is 2.03. The molecule has 0 aliphatic rings. The minimum absolute atomic E-state index is 0.503. The minimum atomic E-state index is 0.503. The normalized spacial score (nSPS) is 9.29. The summed E-state index contributed by atoms with van der Waals surface area (Å²) >= 11 is 0. The van der Waals surface area contributed by atoms with Gasteiger partial charge < -0.3 is 0 Å². The van der Waals surface area contributed by atoms with Gasteiger partial charge in [-0.25, -0.2) is 0 Å². The smallest absolute Gasteiger partial charge is 0.0320 e. The van der Waals surface area contributed by atoms with Gasteiger partial charge in [-0.1, -0.05) is 56.8 Å². The van der Waals surface area contributed by atoms with Gasteiger partial charge in [0.25, 0.3) is 0 Å². The summed E-state index contributed by atoms with van der Waals surface area (Å²) < 4.78 is 0. The maximum Gasteiger partial charge on any atom is 0.0320 e. The Bertz CT molecular complexity index is 556. The van der Waals surface area contributed by atoms with Crippen molar-refractivity contribution in [3.63, 3.8) is 0 Å². The average molecular weight is 234 g/mol. The van der Waals surface area contributed by atoms with E-state index < -0.39 is 0 Å². The van der Waals surface area contributed by atoms with Crippen molar-refractivity contribution in [2.45, 2.75) is 0 Å². The Morgan fingerprint density at radius 1 is 0.706 bits per heavy atom. The van der Waals surface area contributed by atoms with Crippen molar-refractivity contribution >= 4 is 19.2 Å². The van der Waals surface area contributed by atoms with Gasteiger partial charge >= 0.3 is 0 Å². The van der Waals surface area contributed by atoms with Crippen molar-refractivity contribution in [3.05, 3.63) is 59.7 Å². The average Bonchev–Trinajstić information content (AvgIpc) is 2.40. The molecular weight excluding hydrogens is 223 g/mol. The van der Waals surface area contributed by atoms with E-state index >= 15 is 0 Å². The molecule has 0 nitrogen and oxygen atoms in total. The summed E-state index contributed by atoms with van der Waals surface area (Å²) in [4.78, 5) is 0. The van der Waals surface area contributed by atoms with Crippen LogP contribution in [-0.4, -0.2) is 0 Å². The van der Waals surface area contributed by atoms with Gasteiger partial charge in [0, 0.05) is 11.1 Å². The lowest BCUT2D eigenvalue weighted by atomic mass is 10.2. The van der Waals surface area contributed by atoms with E-state index in [4.69, 9.17) is 12.8 Å². The zero-order valence-electron chi connectivity index (χ0n) is 9.27. The van der Waals surface area contributed by atoms with Gasteiger partial charge in [0.2, 0.25) is 0 Å². The van der Waals surface area contributed by atoms with Crippen molar-refractivity contribution in [1.82, 2.24) is 0 Å². The maximum atomic E-state index is 5.49. The molecule has 0 saturated heterocycles. The van der Waals surface area contributed by atoms with Gasteiger partial charge in [0.15, 0.2) is 0 Å². The topological polar surface area (TPSA) is 0 Å².